The van der Waals surface area contributed by atoms with Crippen LogP contribution < -0.4 is 0 Å². The molecule has 3 fully saturated rings. The number of aliphatic hydroxyl groups excluding tert-OH is 1. The van der Waals surface area contributed by atoms with Crippen molar-refractivity contribution in [2.75, 3.05) is 6.61 Å². The molecule has 0 aromatic rings. The first-order valence-corrected chi connectivity index (χ1v) is 11.0. The maximum Gasteiger partial charge on any atom is 0.303 e. The zero-order valence-electron chi connectivity index (χ0n) is 18.5. The van der Waals surface area contributed by atoms with Gasteiger partial charge in [-0.25, -0.2) is 4.39 Å². The van der Waals surface area contributed by atoms with Crippen molar-refractivity contribution in [1.82, 2.24) is 0 Å². The summed E-state index contributed by atoms with van der Waals surface area (Å²) < 4.78 is 21.9. The van der Waals surface area contributed by atoms with Gasteiger partial charge in [0.1, 0.15) is 5.60 Å². The van der Waals surface area contributed by atoms with Crippen LogP contribution >= 0.6 is 0 Å². The zero-order chi connectivity index (χ0) is 23.0. The van der Waals surface area contributed by atoms with Crippen LogP contribution in [0.25, 0.3) is 0 Å². The van der Waals surface area contributed by atoms with Gasteiger partial charge in [0.2, 0.25) is 5.78 Å². The maximum absolute atomic E-state index is 17.1. The molecule has 8 atom stereocenters. The molecule has 0 amide bonds. The Balaban J connectivity index is 1.75. The largest absolute Gasteiger partial charge is 0.458 e. The van der Waals surface area contributed by atoms with Crippen LogP contribution in [-0.4, -0.2) is 51.7 Å². The number of Topliss-reactive ketones (excluding diaryl/α,β-unsaturated/α-hetero) is 1. The van der Waals surface area contributed by atoms with Crippen molar-refractivity contribution in [3.05, 3.63) is 23.8 Å². The number of ketones is 2. The molecule has 4 rings (SSSR count). The van der Waals surface area contributed by atoms with Crippen molar-refractivity contribution in [3.63, 3.8) is 0 Å². The second-order valence-corrected chi connectivity index (χ2v) is 10.4. The molecule has 3 saturated carbocycles. The number of halogens is 1. The molecule has 0 radical (unpaired) electrons. The molecule has 0 aromatic carbocycles. The van der Waals surface area contributed by atoms with E-state index in [1.807, 2.05) is 6.92 Å². The van der Waals surface area contributed by atoms with Crippen LogP contribution in [0.2, 0.25) is 0 Å². The molecule has 7 heteroatoms. The van der Waals surface area contributed by atoms with Gasteiger partial charge in [-0.1, -0.05) is 25.5 Å². The number of carbonyl (C=O) groups is 3. The van der Waals surface area contributed by atoms with E-state index in [1.54, 1.807) is 19.9 Å². The highest BCUT2D eigenvalue weighted by atomic mass is 19.1. The fourth-order valence-corrected chi connectivity index (χ4v) is 7.35. The third-order valence-corrected chi connectivity index (χ3v) is 8.99. The lowest BCUT2D eigenvalue weighted by Crippen LogP contribution is -2.70. The topological polar surface area (TPSA) is 101 Å². The van der Waals surface area contributed by atoms with Crippen molar-refractivity contribution < 1.29 is 33.7 Å². The van der Waals surface area contributed by atoms with E-state index in [0.29, 0.717) is 18.4 Å². The predicted octanol–water partition coefficient (Wildman–Crippen LogP) is 2.47. The number of aliphatic hydroxyl groups is 2. The molecule has 0 aromatic heterocycles. The van der Waals surface area contributed by atoms with E-state index in [0.717, 1.165) is 0 Å². The van der Waals surface area contributed by atoms with Gasteiger partial charge < -0.3 is 14.9 Å². The molecule has 0 unspecified atom stereocenters. The monoisotopic (exact) mass is 434 g/mol. The Morgan fingerprint density at radius 1 is 1.29 bits per heavy atom. The second-order valence-electron chi connectivity index (χ2n) is 10.4. The lowest BCUT2D eigenvalue weighted by atomic mass is 9.43. The van der Waals surface area contributed by atoms with Crippen LogP contribution in [0.3, 0.4) is 0 Å². The molecule has 0 saturated heterocycles. The van der Waals surface area contributed by atoms with Gasteiger partial charge in [0.25, 0.3) is 0 Å². The molecular formula is C24H31FO6. The van der Waals surface area contributed by atoms with Crippen LogP contribution in [0.1, 0.15) is 53.4 Å². The molecule has 4 aliphatic carbocycles. The first-order valence-electron chi connectivity index (χ1n) is 11.0. The summed E-state index contributed by atoms with van der Waals surface area (Å²) in [6.07, 6.45) is 3.93. The highest BCUT2D eigenvalue weighted by Crippen LogP contribution is 2.70. The van der Waals surface area contributed by atoms with Gasteiger partial charge in [0.05, 0.1) is 6.10 Å². The maximum atomic E-state index is 17.1. The quantitative estimate of drug-likeness (QED) is 0.662. The second kappa shape index (κ2) is 6.82. The summed E-state index contributed by atoms with van der Waals surface area (Å²) in [5.41, 5.74) is -5.30. The molecule has 6 nitrogen and oxygen atoms in total. The highest BCUT2D eigenvalue weighted by Gasteiger charge is 2.74. The Kier molecular flexibility index (Phi) is 4.91. The van der Waals surface area contributed by atoms with E-state index in [4.69, 9.17) is 4.74 Å². The van der Waals surface area contributed by atoms with Gasteiger partial charge in [0, 0.05) is 23.7 Å². The third-order valence-electron chi connectivity index (χ3n) is 8.99. The summed E-state index contributed by atoms with van der Waals surface area (Å²) >= 11 is 0. The summed E-state index contributed by atoms with van der Waals surface area (Å²) in [6.45, 7) is 6.10. The van der Waals surface area contributed by atoms with Crippen LogP contribution in [-0.2, 0) is 19.1 Å². The van der Waals surface area contributed by atoms with Crippen LogP contribution in [0.15, 0.2) is 23.8 Å². The molecular weight excluding hydrogens is 403 g/mol. The minimum absolute atomic E-state index is 0.0761. The summed E-state index contributed by atoms with van der Waals surface area (Å²) in [5, 5.41) is 22.7. The van der Waals surface area contributed by atoms with Crippen molar-refractivity contribution in [3.8, 4) is 0 Å². The van der Waals surface area contributed by atoms with E-state index in [-0.39, 0.29) is 30.5 Å². The number of ether oxygens (including phenoxy) is 1. The number of esters is 1. The van der Waals surface area contributed by atoms with Gasteiger partial charge in [-0.15, -0.1) is 0 Å². The average Bonchev–Trinajstić information content (AvgIpc) is 2.96. The summed E-state index contributed by atoms with van der Waals surface area (Å²) in [7, 11) is 0. The molecule has 0 bridgehead atoms. The molecule has 31 heavy (non-hydrogen) atoms. The fraction of sp³-hybridized carbons (Fsp3) is 0.708. The normalized spacial score (nSPS) is 48.4. The van der Waals surface area contributed by atoms with Crippen LogP contribution in [0, 0.1) is 28.6 Å². The zero-order valence-corrected chi connectivity index (χ0v) is 18.5. The molecule has 170 valence electrons. The van der Waals surface area contributed by atoms with Crippen molar-refractivity contribution in [1.29, 1.82) is 0 Å². The minimum Gasteiger partial charge on any atom is -0.458 e. The van der Waals surface area contributed by atoms with Crippen LogP contribution in [0.4, 0.5) is 4.39 Å². The number of fused-ring (bicyclic) bond motifs is 5. The van der Waals surface area contributed by atoms with Crippen LogP contribution in [0.5, 0.6) is 0 Å². The number of carbonyl (C=O) groups excluding carboxylic acids is 3. The van der Waals surface area contributed by atoms with Crippen molar-refractivity contribution in [2.45, 2.75) is 70.8 Å². The van der Waals surface area contributed by atoms with E-state index in [1.165, 1.54) is 19.1 Å². The standard InChI is InChI=1S/C24H31FO6/c1-13-9-18-16-6-8-23(30,20(29)12-31-14(2)26)22(16,4)11-19(28)24(18,25)21(3)7-5-15(27)10-17(13)21/h5,7,10,13,16,18-19,28,30H,6,8-9,11-12H2,1-4H3/t13-,16+,18+,19+,21+,22+,23-,24+/m1/s1. The molecule has 0 spiro atoms. The summed E-state index contributed by atoms with van der Waals surface area (Å²) in [6, 6.07) is 0. The minimum atomic E-state index is -2.02. The van der Waals surface area contributed by atoms with E-state index in [9.17, 15) is 24.6 Å². The summed E-state index contributed by atoms with van der Waals surface area (Å²) in [4.78, 5) is 36.1. The SMILES string of the molecule is CC(=O)OCC(=O)[C@]1(O)CC[C@H]2[C@@H]3C[C@@H](C)C4=CC(=O)C=C[C@]4(C)[C@@]3(F)[C@@H](O)C[C@@]21C. The van der Waals surface area contributed by atoms with Gasteiger partial charge in [0.15, 0.2) is 18.1 Å². The lowest BCUT2D eigenvalue weighted by molar-refractivity contribution is -0.221. The van der Waals surface area contributed by atoms with Gasteiger partial charge in [-0.05, 0) is 56.6 Å². The first kappa shape index (κ1) is 22.3. The smallest absolute Gasteiger partial charge is 0.303 e. The third kappa shape index (κ3) is 2.72. The van der Waals surface area contributed by atoms with E-state index >= 15 is 4.39 Å². The Bertz CT molecular complexity index is 910. The van der Waals surface area contributed by atoms with E-state index < -0.39 is 52.5 Å². The van der Waals surface area contributed by atoms with E-state index in [2.05, 4.69) is 0 Å². The number of hydrogen-bond donors (Lipinski definition) is 2. The summed E-state index contributed by atoms with van der Waals surface area (Å²) in [5.74, 6) is -2.40. The Morgan fingerprint density at radius 2 is 1.97 bits per heavy atom. The Labute approximate surface area is 181 Å². The number of allylic oxidation sites excluding steroid dienone is 4. The Morgan fingerprint density at radius 3 is 2.61 bits per heavy atom. The molecule has 4 aliphatic rings. The van der Waals surface area contributed by atoms with Gasteiger partial charge in [-0.2, -0.15) is 0 Å². The average molecular weight is 435 g/mol. The van der Waals surface area contributed by atoms with Crippen molar-refractivity contribution >= 4 is 17.5 Å². The van der Waals surface area contributed by atoms with Gasteiger partial charge in [-0.3, -0.25) is 14.4 Å². The van der Waals surface area contributed by atoms with Crippen molar-refractivity contribution in [2.24, 2.45) is 28.6 Å². The lowest BCUT2D eigenvalue weighted by Gasteiger charge is -2.63. The number of hydrogen-bond acceptors (Lipinski definition) is 6. The molecule has 0 aliphatic heterocycles. The highest BCUT2D eigenvalue weighted by molar-refractivity contribution is 6.01. The number of alkyl halides is 1. The van der Waals surface area contributed by atoms with Gasteiger partial charge >= 0.3 is 5.97 Å². The first-order chi connectivity index (χ1) is 14.3. The number of rotatable bonds is 3. The fourth-order valence-electron chi connectivity index (χ4n) is 7.35. The molecule has 0 heterocycles. The molecule has 2 N–H and O–H groups in total. The predicted molar refractivity (Wildman–Crippen MR) is 109 cm³/mol. The Hall–Kier alpha value is -1.86.